The molecule has 3 N–H and O–H groups in total. The van der Waals surface area contributed by atoms with E-state index in [1.807, 2.05) is 0 Å². The fraction of sp³-hybridized carbons (Fsp3) is 0.480. The number of aliphatic imine (C=N–C) groups is 1. The standard InChI is InChI=1S/C25H34N4O.HI/c1-2-26-25(28-22-11-13-23(30)14-12-22)27-17-19-7-9-20(10-8-19)18-29-16-15-21-5-3-4-6-24(21)29;/h3-10,22-23,30H,2,11-18H2,1H3,(H2,26,27,28);1H. The monoisotopic (exact) mass is 534 g/mol. The Kier molecular flexibility index (Phi) is 9.02. The Balaban J connectivity index is 0.00000272. The maximum absolute atomic E-state index is 9.70. The number of halogens is 1. The minimum absolute atomic E-state index is 0. The lowest BCUT2D eigenvalue weighted by atomic mass is 9.93. The molecule has 1 aliphatic heterocycles. The molecule has 0 amide bonds. The number of rotatable bonds is 6. The molecule has 31 heavy (non-hydrogen) atoms. The van der Waals surface area contributed by atoms with Gasteiger partial charge < -0.3 is 20.6 Å². The zero-order valence-electron chi connectivity index (χ0n) is 18.4. The van der Waals surface area contributed by atoms with Gasteiger partial charge >= 0.3 is 0 Å². The van der Waals surface area contributed by atoms with Crippen LogP contribution in [-0.2, 0) is 19.5 Å². The highest BCUT2D eigenvalue weighted by molar-refractivity contribution is 14.0. The molecule has 6 heteroatoms. The maximum Gasteiger partial charge on any atom is 0.191 e. The van der Waals surface area contributed by atoms with Crippen LogP contribution in [0.5, 0.6) is 0 Å². The lowest BCUT2D eigenvalue weighted by Gasteiger charge is -2.27. The van der Waals surface area contributed by atoms with Crippen molar-refractivity contribution in [3.8, 4) is 0 Å². The Morgan fingerprint density at radius 2 is 1.74 bits per heavy atom. The minimum Gasteiger partial charge on any atom is -0.393 e. The average Bonchev–Trinajstić information content (AvgIpc) is 3.18. The molecule has 4 rings (SSSR count). The van der Waals surface area contributed by atoms with Gasteiger partial charge in [0.15, 0.2) is 5.96 Å². The quantitative estimate of drug-likeness (QED) is 0.295. The summed E-state index contributed by atoms with van der Waals surface area (Å²) in [5, 5.41) is 16.6. The largest absolute Gasteiger partial charge is 0.393 e. The molecule has 0 bridgehead atoms. The van der Waals surface area contributed by atoms with Crippen molar-refractivity contribution in [1.82, 2.24) is 10.6 Å². The van der Waals surface area contributed by atoms with E-state index in [1.54, 1.807) is 0 Å². The summed E-state index contributed by atoms with van der Waals surface area (Å²) in [7, 11) is 0. The summed E-state index contributed by atoms with van der Waals surface area (Å²) in [5.41, 5.74) is 5.39. The summed E-state index contributed by atoms with van der Waals surface area (Å²) in [6, 6.07) is 18.0. The number of fused-ring (bicyclic) bond motifs is 1. The molecule has 168 valence electrons. The number of nitrogens with one attached hydrogen (secondary N) is 2. The molecule has 0 radical (unpaired) electrons. The summed E-state index contributed by atoms with van der Waals surface area (Å²) in [5.74, 6) is 0.872. The number of hydrogen-bond acceptors (Lipinski definition) is 3. The Morgan fingerprint density at radius 1 is 1.03 bits per heavy atom. The van der Waals surface area contributed by atoms with E-state index in [4.69, 9.17) is 4.99 Å². The van der Waals surface area contributed by atoms with Crippen LogP contribution in [0.15, 0.2) is 53.5 Å². The van der Waals surface area contributed by atoms with E-state index in [2.05, 4.69) is 71.0 Å². The van der Waals surface area contributed by atoms with Crippen LogP contribution in [0.2, 0.25) is 0 Å². The number of para-hydroxylation sites is 1. The summed E-state index contributed by atoms with van der Waals surface area (Å²) >= 11 is 0. The Labute approximate surface area is 203 Å². The van der Waals surface area contributed by atoms with Crippen molar-refractivity contribution < 1.29 is 5.11 Å². The van der Waals surface area contributed by atoms with Crippen LogP contribution in [0, 0.1) is 0 Å². The van der Waals surface area contributed by atoms with Crippen LogP contribution in [0.25, 0.3) is 0 Å². The number of anilines is 1. The number of aliphatic hydroxyl groups is 1. The summed E-state index contributed by atoms with van der Waals surface area (Å²) in [4.78, 5) is 7.25. The van der Waals surface area contributed by atoms with Gasteiger partial charge in [-0.25, -0.2) is 4.99 Å². The molecule has 0 aromatic heterocycles. The highest BCUT2D eigenvalue weighted by Gasteiger charge is 2.20. The topological polar surface area (TPSA) is 59.9 Å². The second-order valence-electron chi connectivity index (χ2n) is 8.46. The van der Waals surface area contributed by atoms with Gasteiger partial charge in [0.2, 0.25) is 0 Å². The first kappa shape index (κ1) is 23.9. The van der Waals surface area contributed by atoms with Crippen LogP contribution in [0.1, 0.15) is 49.3 Å². The number of aliphatic hydroxyl groups excluding tert-OH is 1. The van der Waals surface area contributed by atoms with E-state index < -0.39 is 0 Å². The predicted molar refractivity (Wildman–Crippen MR) is 139 cm³/mol. The van der Waals surface area contributed by atoms with Crippen molar-refractivity contribution in [2.75, 3.05) is 18.0 Å². The van der Waals surface area contributed by atoms with Gasteiger partial charge in [-0.15, -0.1) is 24.0 Å². The molecule has 0 unspecified atom stereocenters. The van der Waals surface area contributed by atoms with Gasteiger partial charge in [-0.05, 0) is 61.8 Å². The van der Waals surface area contributed by atoms with E-state index in [0.29, 0.717) is 12.6 Å². The van der Waals surface area contributed by atoms with Crippen LogP contribution in [0.3, 0.4) is 0 Å². The molecule has 1 heterocycles. The first-order valence-corrected chi connectivity index (χ1v) is 11.3. The molecular formula is C25H35IN4O. The van der Waals surface area contributed by atoms with Gasteiger partial charge in [0, 0.05) is 31.4 Å². The van der Waals surface area contributed by atoms with Gasteiger partial charge in [-0.3, -0.25) is 0 Å². The van der Waals surface area contributed by atoms with Crippen molar-refractivity contribution in [2.45, 2.75) is 64.3 Å². The van der Waals surface area contributed by atoms with Crippen molar-refractivity contribution >= 4 is 35.6 Å². The SMILES string of the molecule is CCNC(=NCc1ccc(CN2CCc3ccccc32)cc1)NC1CCC(O)CC1.I. The summed E-state index contributed by atoms with van der Waals surface area (Å²) < 4.78 is 0. The first-order chi connectivity index (χ1) is 14.7. The molecule has 0 saturated heterocycles. The van der Waals surface area contributed by atoms with Crippen LogP contribution in [0.4, 0.5) is 5.69 Å². The van der Waals surface area contributed by atoms with Crippen molar-refractivity contribution in [3.05, 3.63) is 65.2 Å². The first-order valence-electron chi connectivity index (χ1n) is 11.3. The van der Waals surface area contributed by atoms with E-state index in [1.165, 1.54) is 22.4 Å². The molecule has 1 fully saturated rings. The third-order valence-electron chi connectivity index (χ3n) is 6.18. The summed E-state index contributed by atoms with van der Waals surface area (Å²) in [6.45, 7) is 5.65. The smallest absolute Gasteiger partial charge is 0.191 e. The maximum atomic E-state index is 9.70. The van der Waals surface area contributed by atoms with E-state index >= 15 is 0 Å². The molecular weight excluding hydrogens is 499 g/mol. The fourth-order valence-electron chi connectivity index (χ4n) is 4.45. The lowest BCUT2D eigenvalue weighted by Crippen LogP contribution is -2.45. The number of benzene rings is 2. The van der Waals surface area contributed by atoms with Gasteiger partial charge in [0.05, 0.1) is 12.6 Å². The van der Waals surface area contributed by atoms with Gasteiger partial charge in [-0.1, -0.05) is 42.5 Å². The number of hydrogen-bond donors (Lipinski definition) is 3. The average molecular weight is 534 g/mol. The summed E-state index contributed by atoms with van der Waals surface area (Å²) in [6.07, 6.45) is 4.76. The Bertz CT molecular complexity index is 847. The molecule has 1 saturated carbocycles. The fourth-order valence-corrected chi connectivity index (χ4v) is 4.45. The van der Waals surface area contributed by atoms with Crippen molar-refractivity contribution in [3.63, 3.8) is 0 Å². The van der Waals surface area contributed by atoms with E-state index in [9.17, 15) is 5.11 Å². The van der Waals surface area contributed by atoms with Crippen LogP contribution in [-0.4, -0.2) is 36.3 Å². The van der Waals surface area contributed by atoms with Gasteiger partial charge in [0.25, 0.3) is 0 Å². The highest BCUT2D eigenvalue weighted by atomic mass is 127. The second kappa shape index (κ2) is 11.7. The zero-order valence-corrected chi connectivity index (χ0v) is 20.7. The zero-order chi connectivity index (χ0) is 20.8. The third kappa shape index (κ3) is 6.59. The predicted octanol–water partition coefficient (Wildman–Crippen LogP) is 4.23. The van der Waals surface area contributed by atoms with Gasteiger partial charge in [-0.2, -0.15) is 0 Å². The number of guanidine groups is 1. The molecule has 2 aromatic rings. The normalized spacial score (nSPS) is 20.7. The molecule has 2 aliphatic rings. The van der Waals surface area contributed by atoms with E-state index in [0.717, 1.165) is 57.7 Å². The Hall–Kier alpha value is -1.80. The van der Waals surface area contributed by atoms with Crippen molar-refractivity contribution in [1.29, 1.82) is 0 Å². The van der Waals surface area contributed by atoms with Crippen LogP contribution < -0.4 is 15.5 Å². The third-order valence-corrected chi connectivity index (χ3v) is 6.18. The van der Waals surface area contributed by atoms with Crippen molar-refractivity contribution in [2.24, 2.45) is 4.99 Å². The second-order valence-corrected chi connectivity index (χ2v) is 8.46. The minimum atomic E-state index is -0.130. The van der Waals surface area contributed by atoms with Gasteiger partial charge in [0.1, 0.15) is 0 Å². The Morgan fingerprint density at radius 3 is 2.48 bits per heavy atom. The highest BCUT2D eigenvalue weighted by Crippen LogP contribution is 2.28. The lowest BCUT2D eigenvalue weighted by molar-refractivity contribution is 0.120. The molecule has 1 aliphatic carbocycles. The number of nitrogens with zero attached hydrogens (tertiary/aromatic N) is 2. The molecule has 0 spiro atoms. The van der Waals surface area contributed by atoms with E-state index in [-0.39, 0.29) is 30.1 Å². The molecule has 0 atom stereocenters. The molecule has 2 aromatic carbocycles. The van der Waals surface area contributed by atoms with Crippen LogP contribution >= 0.6 is 24.0 Å². The molecule has 5 nitrogen and oxygen atoms in total.